The van der Waals surface area contributed by atoms with Gasteiger partial charge in [-0.2, -0.15) is 0 Å². The first-order chi connectivity index (χ1) is 17.3. The van der Waals surface area contributed by atoms with Crippen LogP contribution in [0.1, 0.15) is 89.9 Å². The molecule has 2 saturated heterocycles. The summed E-state index contributed by atoms with van der Waals surface area (Å²) in [6.07, 6.45) is 11.1. The highest BCUT2D eigenvalue weighted by Crippen LogP contribution is 2.51. The van der Waals surface area contributed by atoms with Crippen LogP contribution in [0.25, 0.3) is 0 Å². The fourth-order valence-electron chi connectivity index (χ4n) is 7.96. The van der Waals surface area contributed by atoms with Gasteiger partial charge >= 0.3 is 12.1 Å². The lowest BCUT2D eigenvalue weighted by molar-refractivity contribution is -0.153. The Hall–Kier alpha value is -2.78. The van der Waals surface area contributed by atoms with Crippen LogP contribution in [0.3, 0.4) is 0 Å². The number of urea groups is 2. The maximum absolute atomic E-state index is 13.1. The van der Waals surface area contributed by atoms with Crippen molar-refractivity contribution < 1.29 is 28.8 Å². The van der Waals surface area contributed by atoms with E-state index in [4.69, 9.17) is 0 Å². The molecule has 10 heteroatoms. The highest BCUT2D eigenvalue weighted by Gasteiger charge is 2.58. The van der Waals surface area contributed by atoms with E-state index in [1.54, 1.807) is 0 Å². The van der Waals surface area contributed by atoms with Crippen molar-refractivity contribution in [1.82, 2.24) is 21.3 Å². The summed E-state index contributed by atoms with van der Waals surface area (Å²) in [5.74, 6) is -1.72. The molecule has 0 bridgehead atoms. The van der Waals surface area contributed by atoms with Crippen molar-refractivity contribution in [3.05, 3.63) is 0 Å². The van der Waals surface area contributed by atoms with Crippen molar-refractivity contribution in [2.75, 3.05) is 0 Å². The summed E-state index contributed by atoms with van der Waals surface area (Å²) in [6, 6.07) is -1.50. The molecule has 3 saturated carbocycles. The number of barbiturate groups is 2. The Kier molecular flexibility index (Phi) is 6.63. The Morgan fingerprint density at radius 3 is 1.03 bits per heavy atom. The molecule has 0 atom stereocenters. The van der Waals surface area contributed by atoms with Crippen LogP contribution in [0.5, 0.6) is 0 Å². The van der Waals surface area contributed by atoms with E-state index in [0.29, 0.717) is 12.8 Å². The Morgan fingerprint density at radius 2 is 0.750 bits per heavy atom. The molecule has 196 valence electrons. The average Bonchev–Trinajstić information content (AvgIpc) is 3.55. The predicted octanol–water partition coefficient (Wildman–Crippen LogP) is 2.66. The molecule has 2 heterocycles. The van der Waals surface area contributed by atoms with Gasteiger partial charge in [0.15, 0.2) is 0 Å². The smallest absolute Gasteiger partial charge is 0.277 e. The van der Waals surface area contributed by atoms with E-state index in [1.807, 2.05) is 0 Å². The van der Waals surface area contributed by atoms with Crippen LogP contribution in [-0.4, -0.2) is 35.7 Å². The highest BCUT2D eigenvalue weighted by atomic mass is 16.2. The zero-order valence-electron chi connectivity index (χ0n) is 20.7. The van der Waals surface area contributed by atoms with Crippen molar-refractivity contribution in [3.8, 4) is 0 Å². The topological polar surface area (TPSA) is 151 Å². The maximum atomic E-state index is 13.1. The minimum absolute atomic E-state index is 0.0684. The van der Waals surface area contributed by atoms with Crippen LogP contribution in [0.2, 0.25) is 0 Å². The van der Waals surface area contributed by atoms with Gasteiger partial charge in [0.1, 0.15) is 10.8 Å². The van der Waals surface area contributed by atoms with Crippen molar-refractivity contribution in [1.29, 1.82) is 0 Å². The van der Waals surface area contributed by atoms with Gasteiger partial charge in [0, 0.05) is 0 Å². The van der Waals surface area contributed by atoms with Gasteiger partial charge in [0.05, 0.1) is 0 Å². The lowest BCUT2D eigenvalue weighted by Crippen LogP contribution is -2.65. The van der Waals surface area contributed by atoms with Crippen LogP contribution in [0.4, 0.5) is 9.59 Å². The van der Waals surface area contributed by atoms with Gasteiger partial charge in [-0.3, -0.25) is 40.4 Å². The van der Waals surface area contributed by atoms with Gasteiger partial charge < -0.3 is 0 Å². The Labute approximate surface area is 210 Å². The summed E-state index contributed by atoms with van der Waals surface area (Å²) in [5.41, 5.74) is -2.42. The minimum atomic E-state index is -1.21. The van der Waals surface area contributed by atoms with Crippen LogP contribution in [-0.2, 0) is 19.2 Å². The summed E-state index contributed by atoms with van der Waals surface area (Å²) in [4.78, 5) is 76.0. The summed E-state index contributed by atoms with van der Waals surface area (Å²) in [7, 11) is 0. The SMILES string of the molecule is O=C1NC(=O)C(CC2CCC(CC3(C4CCCC4)C(=O)NC(=O)NC3=O)CC2)(C2CCCC2)C(=O)N1. The Balaban J connectivity index is 1.29. The summed E-state index contributed by atoms with van der Waals surface area (Å²) < 4.78 is 0. The van der Waals surface area contributed by atoms with E-state index in [-0.39, 0.29) is 23.7 Å². The predicted molar refractivity (Wildman–Crippen MR) is 127 cm³/mol. The molecule has 0 aromatic carbocycles. The van der Waals surface area contributed by atoms with Crippen LogP contribution in [0, 0.1) is 34.5 Å². The van der Waals surface area contributed by atoms with Gasteiger partial charge in [-0.05, 0) is 62.2 Å². The molecule has 10 nitrogen and oxygen atoms in total. The summed E-state index contributed by atoms with van der Waals surface area (Å²) in [6.45, 7) is 0. The number of nitrogens with one attached hydrogen (secondary N) is 4. The molecule has 0 aromatic rings. The number of carbonyl (C=O) groups is 6. The molecule has 36 heavy (non-hydrogen) atoms. The second kappa shape index (κ2) is 9.59. The number of carbonyl (C=O) groups excluding carboxylic acids is 6. The number of hydrogen-bond donors (Lipinski definition) is 4. The molecule has 5 rings (SSSR count). The molecule has 4 N–H and O–H groups in total. The van der Waals surface area contributed by atoms with Gasteiger partial charge in [-0.25, -0.2) is 9.59 Å². The summed E-state index contributed by atoms with van der Waals surface area (Å²) >= 11 is 0. The van der Waals surface area contributed by atoms with E-state index < -0.39 is 46.5 Å². The van der Waals surface area contributed by atoms with Gasteiger partial charge in [0.2, 0.25) is 23.6 Å². The summed E-state index contributed by atoms with van der Waals surface area (Å²) in [5, 5.41) is 9.41. The monoisotopic (exact) mass is 500 g/mol. The fourth-order valence-corrected chi connectivity index (χ4v) is 7.96. The Bertz CT molecular complexity index is 855. The van der Waals surface area contributed by atoms with Gasteiger partial charge in [0.25, 0.3) is 0 Å². The molecule has 0 unspecified atom stereocenters. The molecular formula is C26H36N4O6. The third-order valence-corrected chi connectivity index (χ3v) is 9.82. The van der Waals surface area contributed by atoms with E-state index >= 15 is 0 Å². The van der Waals surface area contributed by atoms with Crippen molar-refractivity contribution in [2.24, 2.45) is 34.5 Å². The molecule has 8 amide bonds. The van der Waals surface area contributed by atoms with Crippen molar-refractivity contribution in [3.63, 3.8) is 0 Å². The number of amides is 8. The third-order valence-electron chi connectivity index (χ3n) is 9.82. The maximum Gasteiger partial charge on any atom is 0.328 e. The van der Waals surface area contributed by atoms with E-state index in [1.165, 1.54) is 0 Å². The first-order valence-electron chi connectivity index (χ1n) is 13.6. The molecular weight excluding hydrogens is 464 g/mol. The molecule has 0 aromatic heterocycles. The molecule has 5 aliphatic rings. The zero-order valence-corrected chi connectivity index (χ0v) is 20.7. The standard InChI is InChI=1S/C26H36N4O6/c31-19-25(17-5-1-2-6-17,20(32)28-23(35)27-19)13-15-9-11-16(12-10-15)14-26(18-7-3-4-8-18)21(33)29-24(36)30-22(26)34/h15-18H,1-14H2,(H2,27,28,31,32,35)(H2,29,30,33,34,36). The molecule has 0 spiro atoms. The second-order valence-corrected chi connectivity index (χ2v) is 11.7. The van der Waals surface area contributed by atoms with E-state index in [0.717, 1.165) is 77.0 Å². The third kappa shape index (κ3) is 4.12. The van der Waals surface area contributed by atoms with Crippen molar-refractivity contribution in [2.45, 2.75) is 89.9 Å². The van der Waals surface area contributed by atoms with Crippen LogP contribution < -0.4 is 21.3 Å². The molecule has 3 aliphatic carbocycles. The lowest BCUT2D eigenvalue weighted by Gasteiger charge is -2.44. The lowest BCUT2D eigenvalue weighted by atomic mass is 9.61. The molecule has 5 fully saturated rings. The normalized spacial score (nSPS) is 31.1. The number of hydrogen-bond acceptors (Lipinski definition) is 6. The average molecular weight is 501 g/mol. The minimum Gasteiger partial charge on any atom is -0.277 e. The van der Waals surface area contributed by atoms with E-state index in [2.05, 4.69) is 21.3 Å². The van der Waals surface area contributed by atoms with Crippen molar-refractivity contribution >= 4 is 35.7 Å². The second-order valence-electron chi connectivity index (χ2n) is 11.7. The fraction of sp³-hybridized carbons (Fsp3) is 0.769. The first kappa shape index (κ1) is 24.9. The Morgan fingerprint density at radius 1 is 0.472 bits per heavy atom. The quantitative estimate of drug-likeness (QED) is 0.412. The van der Waals surface area contributed by atoms with Crippen LogP contribution >= 0.6 is 0 Å². The van der Waals surface area contributed by atoms with Gasteiger partial charge in [-0.1, -0.05) is 51.4 Å². The molecule has 2 aliphatic heterocycles. The number of imide groups is 4. The highest BCUT2D eigenvalue weighted by molar-refractivity contribution is 6.20. The first-order valence-corrected chi connectivity index (χ1v) is 13.6. The largest absolute Gasteiger partial charge is 0.328 e. The zero-order chi connectivity index (χ0) is 25.5. The van der Waals surface area contributed by atoms with E-state index in [9.17, 15) is 28.8 Å². The molecule has 0 radical (unpaired) electrons. The number of rotatable bonds is 6. The van der Waals surface area contributed by atoms with Gasteiger partial charge in [-0.15, -0.1) is 0 Å². The van der Waals surface area contributed by atoms with Crippen LogP contribution in [0.15, 0.2) is 0 Å².